The van der Waals surface area contributed by atoms with Crippen molar-refractivity contribution in [2.75, 3.05) is 12.0 Å². The van der Waals surface area contributed by atoms with Gasteiger partial charge in [0.15, 0.2) is 0 Å². The normalized spacial score (nSPS) is 16.5. The molecule has 1 fully saturated rings. The van der Waals surface area contributed by atoms with Crippen molar-refractivity contribution in [3.05, 3.63) is 119 Å². The number of methoxy groups -OCH3 is 1. The first-order valence-corrected chi connectivity index (χ1v) is 12.0. The van der Waals surface area contributed by atoms with Gasteiger partial charge >= 0.3 is 0 Å². The molecule has 1 atom stereocenters. The number of anilines is 1. The van der Waals surface area contributed by atoms with Gasteiger partial charge in [0, 0.05) is 11.3 Å². The summed E-state index contributed by atoms with van der Waals surface area (Å²) in [5.41, 5.74) is 0.938. The Bertz CT molecular complexity index is 1530. The Labute approximate surface area is 223 Å². The molecule has 0 saturated carbocycles. The van der Waals surface area contributed by atoms with Crippen LogP contribution in [0.5, 0.6) is 23.0 Å². The number of phenols is 1. The molecule has 5 rings (SSSR count). The van der Waals surface area contributed by atoms with Crippen molar-refractivity contribution in [2.45, 2.75) is 6.04 Å². The Morgan fingerprint density at radius 3 is 2.13 bits per heavy atom. The van der Waals surface area contributed by atoms with Gasteiger partial charge in [-0.1, -0.05) is 41.9 Å². The number of ether oxygens (including phenoxy) is 2. The summed E-state index contributed by atoms with van der Waals surface area (Å²) < 4.78 is 11.1. The van der Waals surface area contributed by atoms with E-state index < -0.39 is 23.5 Å². The van der Waals surface area contributed by atoms with Gasteiger partial charge in [0.05, 0.1) is 23.7 Å². The number of hydrogen-bond acceptors (Lipinski definition) is 6. The Morgan fingerprint density at radius 2 is 1.47 bits per heavy atom. The van der Waals surface area contributed by atoms with Crippen LogP contribution in [-0.4, -0.2) is 29.0 Å². The fraction of sp³-hybridized carbons (Fsp3) is 0.0667. The Balaban J connectivity index is 1.61. The predicted octanol–water partition coefficient (Wildman–Crippen LogP) is 6.47. The van der Waals surface area contributed by atoms with Gasteiger partial charge in [-0.2, -0.15) is 0 Å². The standard InChI is InChI=1S/C30H22ClNO6/c1-37-23-15-16-25(31)24(17-23)28(34)26-27(18-7-11-20(33)12-8-18)32(30(36)29(26)35)19-9-13-22(14-10-19)38-21-5-3-2-4-6-21/h2-17,27,33-34H,1H3/b28-26+. The van der Waals surface area contributed by atoms with Gasteiger partial charge in [-0.25, -0.2) is 0 Å². The summed E-state index contributed by atoms with van der Waals surface area (Å²) >= 11 is 6.36. The third kappa shape index (κ3) is 4.67. The lowest BCUT2D eigenvalue weighted by atomic mass is 9.95. The van der Waals surface area contributed by atoms with Gasteiger partial charge in [0.1, 0.15) is 28.8 Å². The number of para-hydroxylation sites is 1. The first kappa shape index (κ1) is 24.9. The smallest absolute Gasteiger partial charge is 0.300 e. The number of carbonyl (C=O) groups excluding carboxylic acids is 2. The maximum Gasteiger partial charge on any atom is 0.300 e. The monoisotopic (exact) mass is 527 g/mol. The molecule has 0 radical (unpaired) electrons. The fourth-order valence-corrected chi connectivity index (χ4v) is 4.54. The number of carbonyl (C=O) groups is 2. The van der Waals surface area contributed by atoms with Gasteiger partial charge in [-0.15, -0.1) is 0 Å². The number of aliphatic hydroxyl groups excluding tert-OH is 1. The molecule has 1 unspecified atom stereocenters. The van der Waals surface area contributed by atoms with Crippen molar-refractivity contribution in [1.29, 1.82) is 0 Å². The lowest BCUT2D eigenvalue weighted by Crippen LogP contribution is -2.29. The van der Waals surface area contributed by atoms with E-state index >= 15 is 0 Å². The van der Waals surface area contributed by atoms with E-state index in [4.69, 9.17) is 21.1 Å². The first-order chi connectivity index (χ1) is 18.4. The van der Waals surface area contributed by atoms with Gasteiger partial charge < -0.3 is 19.7 Å². The number of benzene rings is 4. The summed E-state index contributed by atoms with van der Waals surface area (Å²) in [6.07, 6.45) is 0. The van der Waals surface area contributed by atoms with E-state index in [-0.39, 0.29) is 21.9 Å². The van der Waals surface area contributed by atoms with Crippen LogP contribution in [0.15, 0.2) is 103 Å². The molecule has 1 aliphatic heterocycles. The van der Waals surface area contributed by atoms with Crippen LogP contribution in [0.1, 0.15) is 17.2 Å². The molecule has 1 aliphatic rings. The molecule has 2 N–H and O–H groups in total. The second kappa shape index (κ2) is 10.3. The zero-order valence-electron chi connectivity index (χ0n) is 20.2. The Morgan fingerprint density at radius 1 is 0.842 bits per heavy atom. The van der Waals surface area contributed by atoms with Gasteiger partial charge in [-0.3, -0.25) is 14.5 Å². The van der Waals surface area contributed by atoms with Crippen molar-refractivity contribution in [1.82, 2.24) is 0 Å². The van der Waals surface area contributed by atoms with E-state index in [1.807, 2.05) is 30.3 Å². The van der Waals surface area contributed by atoms with Gasteiger partial charge in [0.25, 0.3) is 11.7 Å². The Hall–Kier alpha value is -4.75. The SMILES string of the molecule is COc1ccc(Cl)c(/C(O)=C2\C(=O)C(=O)N(c3ccc(Oc4ccccc4)cc3)C2c2ccc(O)cc2)c1. The summed E-state index contributed by atoms with van der Waals surface area (Å²) in [4.78, 5) is 28.1. The largest absolute Gasteiger partial charge is 0.508 e. The lowest BCUT2D eigenvalue weighted by molar-refractivity contribution is -0.132. The highest BCUT2D eigenvalue weighted by Gasteiger charge is 2.47. The van der Waals surface area contributed by atoms with E-state index in [1.165, 1.54) is 36.3 Å². The zero-order chi connectivity index (χ0) is 26.8. The number of Topliss-reactive ketones (excluding diaryl/α,β-unsaturated/α-hetero) is 1. The zero-order valence-corrected chi connectivity index (χ0v) is 20.9. The molecule has 0 bridgehead atoms. The molecule has 4 aromatic carbocycles. The van der Waals surface area contributed by atoms with Crippen LogP contribution in [0.25, 0.3) is 5.76 Å². The summed E-state index contributed by atoms with van der Waals surface area (Å²) in [7, 11) is 1.47. The third-order valence-electron chi connectivity index (χ3n) is 6.18. The Kier molecular flexibility index (Phi) is 6.77. The summed E-state index contributed by atoms with van der Waals surface area (Å²) in [6.45, 7) is 0. The number of phenolic OH excluding ortho intramolecular Hbond substituents is 1. The van der Waals surface area contributed by atoms with Crippen LogP contribution in [0.4, 0.5) is 5.69 Å². The minimum atomic E-state index is -0.987. The maximum absolute atomic E-state index is 13.4. The molecule has 190 valence electrons. The van der Waals surface area contributed by atoms with Crippen molar-refractivity contribution >= 4 is 34.7 Å². The third-order valence-corrected chi connectivity index (χ3v) is 6.51. The molecular formula is C30H22ClNO6. The highest BCUT2D eigenvalue weighted by molar-refractivity contribution is 6.52. The van der Waals surface area contributed by atoms with Crippen LogP contribution >= 0.6 is 11.6 Å². The molecule has 7 nitrogen and oxygen atoms in total. The molecule has 1 amide bonds. The lowest BCUT2D eigenvalue weighted by Gasteiger charge is -2.25. The molecule has 8 heteroatoms. The van der Waals surface area contributed by atoms with Crippen molar-refractivity contribution in [3.8, 4) is 23.0 Å². The number of amides is 1. The van der Waals surface area contributed by atoms with Crippen LogP contribution in [0.3, 0.4) is 0 Å². The van der Waals surface area contributed by atoms with Gasteiger partial charge in [0.2, 0.25) is 0 Å². The quantitative estimate of drug-likeness (QED) is 0.169. The number of halogens is 1. The van der Waals surface area contributed by atoms with Crippen LogP contribution < -0.4 is 14.4 Å². The molecule has 38 heavy (non-hydrogen) atoms. The number of hydrogen-bond donors (Lipinski definition) is 2. The van der Waals surface area contributed by atoms with Crippen molar-refractivity contribution in [3.63, 3.8) is 0 Å². The fourth-order valence-electron chi connectivity index (χ4n) is 4.33. The van der Waals surface area contributed by atoms with Crippen LogP contribution in [-0.2, 0) is 9.59 Å². The van der Waals surface area contributed by atoms with E-state index in [0.717, 1.165) is 0 Å². The van der Waals surface area contributed by atoms with E-state index in [1.54, 1.807) is 42.5 Å². The highest BCUT2D eigenvalue weighted by atomic mass is 35.5. The summed E-state index contributed by atoms with van der Waals surface area (Å²) in [6, 6.07) is 25.7. The average Bonchev–Trinajstić information content (AvgIpc) is 3.20. The molecular weight excluding hydrogens is 506 g/mol. The number of rotatable bonds is 6. The van der Waals surface area contributed by atoms with Crippen molar-refractivity contribution < 1.29 is 29.3 Å². The second-order valence-corrected chi connectivity index (χ2v) is 8.92. The molecule has 4 aromatic rings. The minimum Gasteiger partial charge on any atom is -0.508 e. The van der Waals surface area contributed by atoms with E-state index in [9.17, 15) is 19.8 Å². The molecule has 0 aromatic heterocycles. The van der Waals surface area contributed by atoms with E-state index in [2.05, 4.69) is 0 Å². The average molecular weight is 528 g/mol. The summed E-state index contributed by atoms with van der Waals surface area (Å²) in [5, 5.41) is 21.4. The topological polar surface area (TPSA) is 96.3 Å². The predicted molar refractivity (Wildman–Crippen MR) is 144 cm³/mol. The molecule has 1 saturated heterocycles. The molecule has 0 aliphatic carbocycles. The second-order valence-electron chi connectivity index (χ2n) is 8.52. The molecule has 1 heterocycles. The number of aromatic hydroxyl groups is 1. The number of nitrogens with zero attached hydrogens (tertiary/aromatic N) is 1. The summed E-state index contributed by atoms with van der Waals surface area (Å²) in [5.74, 6) is -0.494. The highest BCUT2D eigenvalue weighted by Crippen LogP contribution is 2.44. The number of aliphatic hydroxyl groups is 1. The maximum atomic E-state index is 13.4. The first-order valence-electron chi connectivity index (χ1n) is 11.6. The molecule has 0 spiro atoms. The van der Waals surface area contributed by atoms with E-state index in [0.29, 0.717) is 28.5 Å². The van der Waals surface area contributed by atoms with Crippen LogP contribution in [0.2, 0.25) is 5.02 Å². The van der Waals surface area contributed by atoms with Gasteiger partial charge in [-0.05, 0) is 72.3 Å². The number of ketones is 1. The van der Waals surface area contributed by atoms with Crippen LogP contribution in [0, 0.1) is 0 Å². The minimum absolute atomic E-state index is 0.0176. The van der Waals surface area contributed by atoms with Crippen molar-refractivity contribution in [2.24, 2.45) is 0 Å².